The fraction of sp³-hybridized carbons (Fsp3) is 0.750. The van der Waals surface area contributed by atoms with Gasteiger partial charge in [-0.15, -0.1) is 0 Å². The standard InChI is InChI=1S/C16H24N4O/c21-16(20-7-6-12-8-17-10-14(12)20)13-9-18-19-15(13)11-4-2-1-3-5-11/h9,11-12,14,17H,1-8,10H2,(H,18,19)/t12-,14+/m0/s1. The first kappa shape index (κ1) is 13.3. The van der Waals surface area contributed by atoms with E-state index in [-0.39, 0.29) is 5.91 Å². The van der Waals surface area contributed by atoms with E-state index in [0.29, 0.717) is 17.9 Å². The Morgan fingerprint density at radius 1 is 1.19 bits per heavy atom. The van der Waals surface area contributed by atoms with E-state index in [1.807, 2.05) is 0 Å². The number of nitrogens with zero attached hydrogens (tertiary/aromatic N) is 2. The molecule has 1 aromatic rings. The van der Waals surface area contributed by atoms with Crippen molar-refractivity contribution in [2.75, 3.05) is 19.6 Å². The van der Waals surface area contributed by atoms with Crippen LogP contribution in [0.25, 0.3) is 0 Å². The summed E-state index contributed by atoms with van der Waals surface area (Å²) in [5.74, 6) is 1.35. The number of rotatable bonds is 2. The van der Waals surface area contributed by atoms with Crippen molar-refractivity contribution in [1.29, 1.82) is 0 Å². The van der Waals surface area contributed by atoms with Crippen molar-refractivity contribution >= 4 is 5.91 Å². The van der Waals surface area contributed by atoms with E-state index < -0.39 is 0 Å². The van der Waals surface area contributed by atoms with Crippen LogP contribution in [0.1, 0.15) is 60.5 Å². The molecule has 1 aromatic heterocycles. The molecule has 1 saturated carbocycles. The number of aromatic nitrogens is 2. The van der Waals surface area contributed by atoms with Crippen LogP contribution in [0.15, 0.2) is 6.20 Å². The molecule has 5 nitrogen and oxygen atoms in total. The Bertz CT molecular complexity index is 520. The van der Waals surface area contributed by atoms with Crippen molar-refractivity contribution in [2.24, 2.45) is 5.92 Å². The van der Waals surface area contributed by atoms with Gasteiger partial charge in [0.2, 0.25) is 0 Å². The van der Waals surface area contributed by atoms with Crippen molar-refractivity contribution in [3.05, 3.63) is 17.5 Å². The van der Waals surface area contributed by atoms with Gasteiger partial charge >= 0.3 is 0 Å². The predicted octanol–water partition coefficient (Wildman–Crippen LogP) is 1.89. The molecule has 21 heavy (non-hydrogen) atoms. The number of H-pyrrole nitrogens is 1. The average molecular weight is 288 g/mol. The lowest BCUT2D eigenvalue weighted by atomic mass is 9.85. The molecule has 0 unspecified atom stereocenters. The SMILES string of the molecule is O=C(c1cn[nH]c1C1CCCCC1)N1CC[C@H]2CNC[C@H]21. The number of aromatic amines is 1. The van der Waals surface area contributed by atoms with Crippen LogP contribution in [0.2, 0.25) is 0 Å². The third-order valence-corrected chi connectivity index (χ3v) is 5.62. The summed E-state index contributed by atoms with van der Waals surface area (Å²) in [6, 6.07) is 0.395. The lowest BCUT2D eigenvalue weighted by Gasteiger charge is -2.25. The molecule has 3 heterocycles. The molecule has 2 aliphatic heterocycles. The van der Waals surface area contributed by atoms with Crippen LogP contribution in [-0.4, -0.2) is 46.7 Å². The zero-order chi connectivity index (χ0) is 14.2. The fourth-order valence-corrected chi connectivity index (χ4v) is 4.43. The maximum absolute atomic E-state index is 13.0. The quantitative estimate of drug-likeness (QED) is 0.873. The van der Waals surface area contributed by atoms with Crippen LogP contribution in [-0.2, 0) is 0 Å². The first-order chi connectivity index (χ1) is 10.3. The number of fused-ring (bicyclic) bond motifs is 1. The van der Waals surface area contributed by atoms with E-state index in [2.05, 4.69) is 20.4 Å². The topological polar surface area (TPSA) is 61.0 Å². The van der Waals surface area contributed by atoms with Crippen molar-refractivity contribution in [2.45, 2.75) is 50.5 Å². The second kappa shape index (κ2) is 5.44. The Kier molecular flexibility index (Phi) is 3.45. The van der Waals surface area contributed by atoms with Crippen molar-refractivity contribution in [3.63, 3.8) is 0 Å². The minimum atomic E-state index is 0.195. The molecule has 0 spiro atoms. The van der Waals surface area contributed by atoms with Crippen LogP contribution < -0.4 is 5.32 Å². The van der Waals surface area contributed by atoms with Crippen LogP contribution in [0.4, 0.5) is 0 Å². The molecule has 0 aromatic carbocycles. The zero-order valence-corrected chi connectivity index (χ0v) is 12.5. The molecule has 3 aliphatic rings. The highest BCUT2D eigenvalue weighted by Gasteiger charge is 2.41. The summed E-state index contributed by atoms with van der Waals surface area (Å²) in [5, 5.41) is 10.7. The molecule has 0 bridgehead atoms. The monoisotopic (exact) mass is 288 g/mol. The third-order valence-electron chi connectivity index (χ3n) is 5.62. The second-order valence-corrected chi connectivity index (χ2v) is 6.81. The van der Waals surface area contributed by atoms with Gasteiger partial charge in [0.05, 0.1) is 17.5 Å². The number of likely N-dealkylation sites (tertiary alicyclic amines) is 1. The Morgan fingerprint density at radius 3 is 2.90 bits per heavy atom. The first-order valence-electron chi connectivity index (χ1n) is 8.39. The Morgan fingerprint density at radius 2 is 2.05 bits per heavy atom. The minimum Gasteiger partial charge on any atom is -0.334 e. The van der Waals surface area contributed by atoms with E-state index in [1.165, 1.54) is 32.1 Å². The number of carbonyl (C=O) groups excluding carboxylic acids is 1. The lowest BCUT2D eigenvalue weighted by Crippen LogP contribution is -2.39. The van der Waals surface area contributed by atoms with Crippen LogP contribution >= 0.6 is 0 Å². The van der Waals surface area contributed by atoms with Gasteiger partial charge in [0, 0.05) is 31.6 Å². The highest BCUT2D eigenvalue weighted by molar-refractivity contribution is 5.95. The highest BCUT2D eigenvalue weighted by atomic mass is 16.2. The molecule has 1 amide bonds. The number of carbonyl (C=O) groups is 1. The molecule has 2 saturated heterocycles. The Balaban J connectivity index is 1.56. The smallest absolute Gasteiger partial charge is 0.257 e. The first-order valence-corrected chi connectivity index (χ1v) is 8.39. The second-order valence-electron chi connectivity index (χ2n) is 6.81. The number of amides is 1. The van der Waals surface area contributed by atoms with Crippen molar-refractivity contribution < 1.29 is 4.79 Å². The number of hydrogen-bond acceptors (Lipinski definition) is 3. The van der Waals surface area contributed by atoms with Crippen LogP contribution in [0.3, 0.4) is 0 Å². The fourth-order valence-electron chi connectivity index (χ4n) is 4.43. The van der Waals surface area contributed by atoms with E-state index >= 15 is 0 Å². The summed E-state index contributed by atoms with van der Waals surface area (Å²) < 4.78 is 0. The van der Waals surface area contributed by atoms with Crippen molar-refractivity contribution in [3.8, 4) is 0 Å². The molecule has 2 N–H and O–H groups in total. The van der Waals surface area contributed by atoms with Gasteiger partial charge in [-0.2, -0.15) is 5.10 Å². The summed E-state index contributed by atoms with van der Waals surface area (Å²) in [7, 11) is 0. The molecule has 114 valence electrons. The van der Waals surface area contributed by atoms with Gasteiger partial charge in [0.1, 0.15) is 0 Å². The molecular weight excluding hydrogens is 264 g/mol. The molecule has 0 radical (unpaired) electrons. The van der Waals surface area contributed by atoms with Gasteiger partial charge in [-0.25, -0.2) is 0 Å². The zero-order valence-electron chi connectivity index (χ0n) is 12.5. The van der Waals surface area contributed by atoms with Crippen LogP contribution in [0.5, 0.6) is 0 Å². The van der Waals surface area contributed by atoms with E-state index in [1.54, 1.807) is 6.20 Å². The van der Waals surface area contributed by atoms with Gasteiger partial charge in [-0.3, -0.25) is 9.89 Å². The predicted molar refractivity (Wildman–Crippen MR) is 80.2 cm³/mol. The summed E-state index contributed by atoms with van der Waals surface area (Å²) in [5.41, 5.74) is 1.92. The van der Waals surface area contributed by atoms with E-state index in [9.17, 15) is 4.79 Å². The van der Waals surface area contributed by atoms with E-state index in [4.69, 9.17) is 0 Å². The van der Waals surface area contributed by atoms with Gasteiger partial charge in [-0.1, -0.05) is 19.3 Å². The lowest BCUT2D eigenvalue weighted by molar-refractivity contribution is 0.0735. The average Bonchev–Trinajstić information content (AvgIpc) is 3.23. The van der Waals surface area contributed by atoms with Crippen LogP contribution in [0, 0.1) is 5.92 Å². The van der Waals surface area contributed by atoms with Gasteiger partial charge in [0.25, 0.3) is 5.91 Å². The molecule has 3 fully saturated rings. The molecule has 5 heteroatoms. The van der Waals surface area contributed by atoms with Gasteiger partial charge in [0.15, 0.2) is 0 Å². The normalized spacial score (nSPS) is 29.8. The van der Waals surface area contributed by atoms with Gasteiger partial charge in [-0.05, 0) is 25.2 Å². The third kappa shape index (κ3) is 2.27. The Labute approximate surface area is 125 Å². The van der Waals surface area contributed by atoms with Gasteiger partial charge < -0.3 is 10.2 Å². The minimum absolute atomic E-state index is 0.195. The molecule has 4 rings (SSSR count). The summed E-state index contributed by atoms with van der Waals surface area (Å²) in [6.45, 7) is 2.92. The summed E-state index contributed by atoms with van der Waals surface area (Å²) in [6.07, 6.45) is 9.15. The largest absolute Gasteiger partial charge is 0.334 e. The molecular formula is C16H24N4O. The molecule has 1 aliphatic carbocycles. The maximum atomic E-state index is 13.0. The maximum Gasteiger partial charge on any atom is 0.257 e. The van der Waals surface area contributed by atoms with E-state index in [0.717, 1.165) is 37.3 Å². The molecule has 2 atom stereocenters. The summed E-state index contributed by atoms with van der Waals surface area (Å²) >= 11 is 0. The highest BCUT2D eigenvalue weighted by Crippen LogP contribution is 2.35. The van der Waals surface area contributed by atoms with Crippen molar-refractivity contribution in [1.82, 2.24) is 20.4 Å². The number of nitrogens with one attached hydrogen (secondary N) is 2. The summed E-state index contributed by atoms with van der Waals surface area (Å²) in [4.78, 5) is 15.0. The number of hydrogen-bond donors (Lipinski definition) is 2. The Hall–Kier alpha value is -1.36.